The van der Waals surface area contributed by atoms with Crippen LogP contribution < -0.4 is 5.32 Å². The SMILES string of the molecule is Cc1ccc(Cl)c(C(=O)N2CC[C@@H](Nc3cnc4cc(F)c(F)cc4n3)C2)c1. The van der Waals surface area contributed by atoms with Crippen LogP contribution >= 0.6 is 11.6 Å². The van der Waals surface area contributed by atoms with Gasteiger partial charge in [-0.1, -0.05) is 23.2 Å². The number of rotatable bonds is 3. The molecule has 1 N–H and O–H groups in total. The maximum absolute atomic E-state index is 13.4. The van der Waals surface area contributed by atoms with Crippen LogP contribution in [0.5, 0.6) is 0 Å². The Labute approximate surface area is 165 Å². The van der Waals surface area contributed by atoms with E-state index in [0.717, 1.165) is 24.1 Å². The number of anilines is 1. The van der Waals surface area contributed by atoms with Crippen molar-refractivity contribution in [3.05, 3.63) is 64.3 Å². The number of carbonyl (C=O) groups is 1. The van der Waals surface area contributed by atoms with Gasteiger partial charge in [-0.15, -0.1) is 0 Å². The van der Waals surface area contributed by atoms with Crippen LogP contribution in [0.1, 0.15) is 22.3 Å². The van der Waals surface area contributed by atoms with Gasteiger partial charge in [0.1, 0.15) is 5.82 Å². The van der Waals surface area contributed by atoms with E-state index in [9.17, 15) is 13.6 Å². The zero-order valence-electron chi connectivity index (χ0n) is 15.0. The number of hydrogen-bond acceptors (Lipinski definition) is 4. The number of halogens is 3. The van der Waals surface area contributed by atoms with Gasteiger partial charge in [-0.3, -0.25) is 9.78 Å². The van der Waals surface area contributed by atoms with E-state index < -0.39 is 11.6 Å². The first-order valence-corrected chi connectivity index (χ1v) is 9.22. The molecule has 144 valence electrons. The van der Waals surface area contributed by atoms with Crippen LogP contribution in [0.15, 0.2) is 36.5 Å². The van der Waals surface area contributed by atoms with Gasteiger partial charge >= 0.3 is 0 Å². The van der Waals surface area contributed by atoms with Gasteiger partial charge in [0.2, 0.25) is 0 Å². The number of nitrogens with one attached hydrogen (secondary N) is 1. The maximum atomic E-state index is 13.4. The van der Waals surface area contributed by atoms with Crippen LogP contribution in [0.2, 0.25) is 5.02 Å². The van der Waals surface area contributed by atoms with Gasteiger partial charge in [-0.05, 0) is 25.5 Å². The molecule has 1 amide bonds. The molecule has 1 saturated heterocycles. The number of carbonyl (C=O) groups excluding carboxylic acids is 1. The number of nitrogens with zero attached hydrogens (tertiary/aromatic N) is 3. The standard InChI is InChI=1S/C20H17ClF2N4O/c1-11-2-3-14(21)13(6-11)20(28)27-5-4-12(10-27)25-19-9-24-17-7-15(22)16(23)8-18(17)26-19/h2-3,6-9,12H,4-5,10H2,1H3,(H,25,26)/t12-/m1/s1. The summed E-state index contributed by atoms with van der Waals surface area (Å²) in [4.78, 5) is 22.9. The third-order valence-electron chi connectivity index (χ3n) is 4.76. The molecule has 4 rings (SSSR count). The van der Waals surface area contributed by atoms with Crippen molar-refractivity contribution in [3.63, 3.8) is 0 Å². The molecule has 3 aromatic rings. The summed E-state index contributed by atoms with van der Waals surface area (Å²) >= 11 is 6.18. The smallest absolute Gasteiger partial charge is 0.255 e. The predicted molar refractivity (Wildman–Crippen MR) is 104 cm³/mol. The predicted octanol–water partition coefficient (Wildman–Crippen LogP) is 4.20. The molecule has 0 unspecified atom stereocenters. The molecular weight excluding hydrogens is 386 g/mol. The number of likely N-dealkylation sites (tertiary alicyclic amines) is 1. The maximum Gasteiger partial charge on any atom is 0.255 e. The summed E-state index contributed by atoms with van der Waals surface area (Å²) in [6.07, 6.45) is 2.20. The van der Waals surface area contributed by atoms with Gasteiger partial charge < -0.3 is 10.2 Å². The lowest BCUT2D eigenvalue weighted by molar-refractivity contribution is 0.0791. The average molecular weight is 403 g/mol. The van der Waals surface area contributed by atoms with Crippen molar-refractivity contribution >= 4 is 34.4 Å². The Bertz CT molecular complexity index is 1080. The highest BCUT2D eigenvalue weighted by Gasteiger charge is 2.28. The second-order valence-corrected chi connectivity index (χ2v) is 7.28. The zero-order chi connectivity index (χ0) is 19.8. The first-order chi connectivity index (χ1) is 13.4. The molecule has 1 atom stereocenters. The van der Waals surface area contributed by atoms with E-state index in [4.69, 9.17) is 11.6 Å². The number of hydrogen-bond donors (Lipinski definition) is 1. The van der Waals surface area contributed by atoms with Crippen molar-refractivity contribution in [3.8, 4) is 0 Å². The van der Waals surface area contributed by atoms with Crippen molar-refractivity contribution in [2.45, 2.75) is 19.4 Å². The van der Waals surface area contributed by atoms with E-state index in [2.05, 4.69) is 15.3 Å². The molecule has 5 nitrogen and oxygen atoms in total. The van der Waals surface area contributed by atoms with E-state index in [0.29, 0.717) is 29.5 Å². The van der Waals surface area contributed by atoms with Crippen LogP contribution in [-0.2, 0) is 0 Å². The Balaban J connectivity index is 1.47. The molecule has 1 fully saturated rings. The molecule has 28 heavy (non-hydrogen) atoms. The molecule has 0 aliphatic carbocycles. The zero-order valence-corrected chi connectivity index (χ0v) is 15.8. The minimum Gasteiger partial charge on any atom is -0.364 e. The Kier molecular flexibility index (Phi) is 4.85. The summed E-state index contributed by atoms with van der Waals surface area (Å²) in [5, 5.41) is 3.64. The summed E-state index contributed by atoms with van der Waals surface area (Å²) < 4.78 is 26.7. The fraction of sp³-hybridized carbons (Fsp3) is 0.250. The topological polar surface area (TPSA) is 58.1 Å². The van der Waals surface area contributed by atoms with Gasteiger partial charge in [-0.2, -0.15) is 0 Å². The Morgan fingerprint density at radius 3 is 2.75 bits per heavy atom. The molecule has 2 aromatic carbocycles. The van der Waals surface area contributed by atoms with Crippen molar-refractivity contribution in [1.29, 1.82) is 0 Å². The van der Waals surface area contributed by atoms with Gasteiger partial charge in [0.15, 0.2) is 11.6 Å². The highest BCUT2D eigenvalue weighted by molar-refractivity contribution is 6.33. The van der Waals surface area contributed by atoms with E-state index in [1.807, 2.05) is 13.0 Å². The van der Waals surface area contributed by atoms with Gasteiger partial charge in [0, 0.05) is 31.3 Å². The van der Waals surface area contributed by atoms with E-state index in [-0.39, 0.29) is 23.0 Å². The molecule has 0 spiro atoms. The quantitative estimate of drug-likeness (QED) is 0.713. The Morgan fingerprint density at radius 2 is 1.96 bits per heavy atom. The fourth-order valence-electron chi connectivity index (χ4n) is 3.32. The number of aryl methyl sites for hydroxylation is 1. The minimum atomic E-state index is -0.966. The molecule has 1 aliphatic heterocycles. The first kappa shape index (κ1) is 18.6. The average Bonchev–Trinajstić information content (AvgIpc) is 3.13. The molecule has 2 heterocycles. The van der Waals surface area contributed by atoms with Crippen LogP contribution in [0.25, 0.3) is 11.0 Å². The number of aromatic nitrogens is 2. The van der Waals surface area contributed by atoms with Crippen LogP contribution in [0, 0.1) is 18.6 Å². The molecule has 1 aromatic heterocycles. The number of benzene rings is 2. The first-order valence-electron chi connectivity index (χ1n) is 8.84. The monoisotopic (exact) mass is 402 g/mol. The second kappa shape index (κ2) is 7.31. The van der Waals surface area contributed by atoms with Crippen molar-refractivity contribution in [2.24, 2.45) is 0 Å². The van der Waals surface area contributed by atoms with Gasteiger partial charge in [0.25, 0.3) is 5.91 Å². The summed E-state index contributed by atoms with van der Waals surface area (Å²) in [6, 6.07) is 7.39. The summed E-state index contributed by atoms with van der Waals surface area (Å²) in [5.74, 6) is -1.58. The van der Waals surface area contributed by atoms with Gasteiger partial charge in [0.05, 0.1) is 27.8 Å². The molecule has 1 aliphatic rings. The lowest BCUT2D eigenvalue weighted by Gasteiger charge is -2.18. The van der Waals surface area contributed by atoms with E-state index in [1.54, 1.807) is 17.0 Å². The fourth-order valence-corrected chi connectivity index (χ4v) is 3.52. The molecule has 0 radical (unpaired) electrons. The highest BCUT2D eigenvalue weighted by Crippen LogP contribution is 2.23. The van der Waals surface area contributed by atoms with Crippen molar-refractivity contribution < 1.29 is 13.6 Å². The Morgan fingerprint density at radius 1 is 1.21 bits per heavy atom. The van der Waals surface area contributed by atoms with Crippen LogP contribution in [0.3, 0.4) is 0 Å². The Hall–Kier alpha value is -2.80. The molecular formula is C20H17ClF2N4O. The molecule has 8 heteroatoms. The van der Waals surface area contributed by atoms with Crippen molar-refractivity contribution in [1.82, 2.24) is 14.9 Å². The van der Waals surface area contributed by atoms with Gasteiger partial charge in [-0.25, -0.2) is 13.8 Å². The van der Waals surface area contributed by atoms with Crippen LogP contribution in [0.4, 0.5) is 14.6 Å². The lowest BCUT2D eigenvalue weighted by atomic mass is 10.1. The number of amides is 1. The summed E-state index contributed by atoms with van der Waals surface area (Å²) in [5.41, 5.74) is 2.00. The second-order valence-electron chi connectivity index (χ2n) is 6.87. The van der Waals surface area contributed by atoms with Crippen LogP contribution in [-0.4, -0.2) is 39.9 Å². The molecule has 0 saturated carbocycles. The van der Waals surface area contributed by atoms with E-state index in [1.165, 1.54) is 6.20 Å². The minimum absolute atomic E-state index is 0.0235. The summed E-state index contributed by atoms with van der Waals surface area (Å²) in [6.45, 7) is 2.98. The largest absolute Gasteiger partial charge is 0.364 e. The van der Waals surface area contributed by atoms with E-state index >= 15 is 0 Å². The number of fused-ring (bicyclic) bond motifs is 1. The summed E-state index contributed by atoms with van der Waals surface area (Å²) in [7, 11) is 0. The third-order valence-corrected chi connectivity index (χ3v) is 5.09. The van der Waals surface area contributed by atoms with Crippen molar-refractivity contribution in [2.75, 3.05) is 18.4 Å². The lowest BCUT2D eigenvalue weighted by Crippen LogP contribution is -2.32. The normalized spacial score (nSPS) is 16.6. The third kappa shape index (κ3) is 3.62. The molecule has 0 bridgehead atoms. The highest BCUT2D eigenvalue weighted by atomic mass is 35.5.